The fourth-order valence-electron chi connectivity index (χ4n) is 4.85. The summed E-state index contributed by atoms with van der Waals surface area (Å²) < 4.78 is 5.28. The molecule has 1 aromatic heterocycles. The number of carbonyl (C=O) groups excluding carboxylic acids is 2. The van der Waals surface area contributed by atoms with Crippen LogP contribution >= 0.6 is 0 Å². The summed E-state index contributed by atoms with van der Waals surface area (Å²) in [6.07, 6.45) is 8.33. The number of amides is 2. The molecule has 0 N–H and O–H groups in total. The van der Waals surface area contributed by atoms with Crippen molar-refractivity contribution in [1.82, 2.24) is 4.90 Å². The molecule has 1 saturated heterocycles. The van der Waals surface area contributed by atoms with Crippen molar-refractivity contribution in [2.75, 3.05) is 0 Å². The summed E-state index contributed by atoms with van der Waals surface area (Å²) in [4.78, 5) is 26.7. The maximum Gasteiger partial charge on any atom is 0.234 e. The molecule has 1 aliphatic heterocycles. The van der Waals surface area contributed by atoms with Gasteiger partial charge in [-0.2, -0.15) is 0 Å². The van der Waals surface area contributed by atoms with Gasteiger partial charge in [0.25, 0.3) is 0 Å². The lowest BCUT2D eigenvalue weighted by atomic mass is 9.85. The van der Waals surface area contributed by atoms with E-state index in [0.29, 0.717) is 17.6 Å². The summed E-state index contributed by atoms with van der Waals surface area (Å²) in [5.41, 5.74) is 0.275. The number of likely N-dealkylation sites (tertiary alicyclic amines) is 1. The molecule has 4 atom stereocenters. The molecule has 2 saturated carbocycles. The first kappa shape index (κ1) is 10.9. The van der Waals surface area contributed by atoms with E-state index in [-0.39, 0.29) is 35.6 Å². The Kier molecular flexibility index (Phi) is 1.77. The minimum atomic E-state index is -0.102. The number of fused-ring (bicyclic) bond motifs is 3. The molecule has 5 rings (SSSR count). The van der Waals surface area contributed by atoms with E-state index in [1.807, 2.05) is 6.07 Å². The molecule has 4 aliphatic rings. The van der Waals surface area contributed by atoms with Crippen molar-refractivity contribution in [3.63, 3.8) is 0 Å². The smallest absolute Gasteiger partial charge is 0.234 e. The highest BCUT2D eigenvalue weighted by molar-refractivity contribution is 6.06. The van der Waals surface area contributed by atoms with Crippen LogP contribution in [0, 0.1) is 29.1 Å². The van der Waals surface area contributed by atoms with Crippen molar-refractivity contribution in [2.45, 2.75) is 19.4 Å². The fourth-order valence-corrected chi connectivity index (χ4v) is 4.85. The number of hydrogen-bond donors (Lipinski definition) is 0. The van der Waals surface area contributed by atoms with Crippen LogP contribution in [-0.4, -0.2) is 16.7 Å². The Morgan fingerprint density at radius 1 is 1.15 bits per heavy atom. The van der Waals surface area contributed by atoms with Crippen molar-refractivity contribution in [2.24, 2.45) is 29.1 Å². The van der Waals surface area contributed by atoms with Gasteiger partial charge >= 0.3 is 0 Å². The van der Waals surface area contributed by atoms with Crippen LogP contribution in [0.4, 0.5) is 0 Å². The molecule has 0 radical (unpaired) electrons. The SMILES string of the molecule is O=C1[C@@H]2[C@H](C(=O)N1Cc1ccco1)[C@H]1C=C[C@@H]2C12CC2. The van der Waals surface area contributed by atoms with Gasteiger partial charge in [0.15, 0.2) is 0 Å². The minimum absolute atomic E-state index is 0.0134. The van der Waals surface area contributed by atoms with E-state index in [1.54, 1.807) is 12.3 Å². The molecule has 3 aliphatic carbocycles. The maximum absolute atomic E-state index is 12.7. The zero-order valence-electron chi connectivity index (χ0n) is 11.0. The second kappa shape index (κ2) is 3.25. The van der Waals surface area contributed by atoms with Gasteiger partial charge in [0.2, 0.25) is 11.8 Å². The first-order valence-electron chi connectivity index (χ1n) is 7.28. The highest BCUT2D eigenvalue weighted by Crippen LogP contribution is 2.73. The largest absolute Gasteiger partial charge is 0.467 e. The molecule has 0 unspecified atom stereocenters. The first-order chi connectivity index (χ1) is 9.72. The predicted octanol–water partition coefficient (Wildman–Crippen LogP) is 1.98. The van der Waals surface area contributed by atoms with Gasteiger partial charge in [-0.3, -0.25) is 14.5 Å². The summed E-state index contributed by atoms with van der Waals surface area (Å²) in [5, 5.41) is 0. The lowest BCUT2D eigenvalue weighted by Gasteiger charge is -2.20. The number of allylic oxidation sites excluding steroid dienone is 2. The number of nitrogens with zero attached hydrogens (tertiary/aromatic N) is 1. The van der Waals surface area contributed by atoms with Crippen molar-refractivity contribution >= 4 is 11.8 Å². The number of hydrogen-bond acceptors (Lipinski definition) is 3. The van der Waals surface area contributed by atoms with Gasteiger partial charge < -0.3 is 4.42 Å². The molecule has 4 heteroatoms. The summed E-state index contributed by atoms with van der Waals surface area (Å²) in [6.45, 7) is 0.282. The van der Waals surface area contributed by atoms with Gasteiger partial charge in [-0.15, -0.1) is 0 Å². The highest BCUT2D eigenvalue weighted by atomic mass is 16.3. The summed E-state index contributed by atoms with van der Waals surface area (Å²) in [6, 6.07) is 3.59. The van der Waals surface area contributed by atoms with E-state index in [1.165, 1.54) is 17.7 Å². The van der Waals surface area contributed by atoms with Crippen LogP contribution in [-0.2, 0) is 16.1 Å². The van der Waals surface area contributed by atoms with Crippen LogP contribution in [0.2, 0.25) is 0 Å². The van der Waals surface area contributed by atoms with Gasteiger partial charge in [-0.05, 0) is 42.2 Å². The normalized spacial score (nSPS) is 39.1. The third-order valence-corrected chi connectivity index (χ3v) is 5.84. The fraction of sp³-hybridized carbons (Fsp3) is 0.500. The van der Waals surface area contributed by atoms with E-state index in [0.717, 1.165) is 0 Å². The molecular weight excluding hydrogens is 254 g/mol. The van der Waals surface area contributed by atoms with Crippen LogP contribution in [0.15, 0.2) is 35.0 Å². The molecule has 1 aromatic rings. The Hall–Kier alpha value is -1.84. The molecule has 2 amide bonds. The minimum Gasteiger partial charge on any atom is -0.467 e. The van der Waals surface area contributed by atoms with Crippen molar-refractivity contribution in [1.29, 1.82) is 0 Å². The van der Waals surface area contributed by atoms with Gasteiger partial charge in [-0.1, -0.05) is 12.2 Å². The summed E-state index contributed by atoms with van der Waals surface area (Å²) in [5.74, 6) is 1.10. The second-order valence-electron chi connectivity index (χ2n) is 6.56. The number of carbonyl (C=O) groups is 2. The standard InChI is InChI=1S/C16H15NO3/c18-14-12-10-3-4-11(16(10)5-6-16)13(12)15(19)17(14)8-9-2-1-7-20-9/h1-4,7,10-13H,5-6,8H2/t10-,11+,12-,13+. The molecule has 20 heavy (non-hydrogen) atoms. The van der Waals surface area contributed by atoms with Crippen molar-refractivity contribution in [3.05, 3.63) is 36.3 Å². The summed E-state index contributed by atoms with van der Waals surface area (Å²) >= 11 is 0. The van der Waals surface area contributed by atoms with E-state index < -0.39 is 0 Å². The Morgan fingerprint density at radius 3 is 2.30 bits per heavy atom. The third kappa shape index (κ3) is 1.06. The van der Waals surface area contributed by atoms with E-state index >= 15 is 0 Å². The van der Waals surface area contributed by atoms with E-state index in [2.05, 4.69) is 12.2 Å². The van der Waals surface area contributed by atoms with Gasteiger partial charge in [-0.25, -0.2) is 0 Å². The molecule has 2 heterocycles. The molecule has 102 valence electrons. The maximum atomic E-state index is 12.7. The first-order valence-corrected chi connectivity index (χ1v) is 7.28. The predicted molar refractivity (Wildman–Crippen MR) is 69.0 cm³/mol. The average Bonchev–Trinajstić information content (AvgIpc) is 2.73. The molecule has 2 bridgehead atoms. The van der Waals surface area contributed by atoms with Crippen LogP contribution in [0.3, 0.4) is 0 Å². The Morgan fingerprint density at radius 2 is 1.80 bits per heavy atom. The van der Waals surface area contributed by atoms with E-state index in [4.69, 9.17) is 4.42 Å². The quantitative estimate of drug-likeness (QED) is 0.609. The number of imide groups is 1. The van der Waals surface area contributed by atoms with Crippen LogP contribution in [0.25, 0.3) is 0 Å². The number of furan rings is 1. The zero-order chi connectivity index (χ0) is 13.5. The Labute approximate surface area is 116 Å². The van der Waals surface area contributed by atoms with E-state index in [9.17, 15) is 9.59 Å². The number of rotatable bonds is 2. The highest BCUT2D eigenvalue weighted by Gasteiger charge is 2.73. The van der Waals surface area contributed by atoms with Crippen molar-refractivity contribution in [3.8, 4) is 0 Å². The average molecular weight is 269 g/mol. The van der Waals surface area contributed by atoms with Crippen LogP contribution in [0.1, 0.15) is 18.6 Å². The van der Waals surface area contributed by atoms with Gasteiger partial charge in [0.1, 0.15) is 5.76 Å². The molecular formula is C16H15NO3. The molecule has 0 aromatic carbocycles. The Balaban J connectivity index is 1.50. The molecule has 3 fully saturated rings. The summed E-state index contributed by atoms with van der Waals surface area (Å²) in [7, 11) is 0. The van der Waals surface area contributed by atoms with Crippen LogP contribution in [0.5, 0.6) is 0 Å². The van der Waals surface area contributed by atoms with Gasteiger partial charge in [0, 0.05) is 0 Å². The zero-order valence-corrected chi connectivity index (χ0v) is 11.0. The van der Waals surface area contributed by atoms with Crippen molar-refractivity contribution < 1.29 is 14.0 Å². The lowest BCUT2D eigenvalue weighted by molar-refractivity contribution is -0.142. The second-order valence-corrected chi connectivity index (χ2v) is 6.56. The monoisotopic (exact) mass is 269 g/mol. The topological polar surface area (TPSA) is 50.5 Å². The molecule has 4 nitrogen and oxygen atoms in total. The Bertz CT molecular complexity index is 607. The molecule has 1 spiro atoms. The van der Waals surface area contributed by atoms with Crippen LogP contribution < -0.4 is 0 Å². The third-order valence-electron chi connectivity index (χ3n) is 5.84. The lowest BCUT2D eigenvalue weighted by Crippen LogP contribution is -2.34. The van der Waals surface area contributed by atoms with Gasteiger partial charge in [0.05, 0.1) is 24.6 Å².